The van der Waals surface area contributed by atoms with E-state index < -0.39 is 21.9 Å². The molecule has 0 radical (unpaired) electrons. The lowest BCUT2D eigenvalue weighted by Gasteiger charge is -2.17. The Balaban J connectivity index is 2.12. The van der Waals surface area contributed by atoms with Gasteiger partial charge in [0.05, 0.1) is 5.75 Å². The van der Waals surface area contributed by atoms with Crippen molar-refractivity contribution in [2.45, 2.75) is 19.4 Å². The molecule has 0 spiro atoms. The van der Waals surface area contributed by atoms with E-state index >= 15 is 0 Å². The minimum atomic E-state index is -3.34. The van der Waals surface area contributed by atoms with Gasteiger partial charge >= 0.3 is 0 Å². The van der Waals surface area contributed by atoms with E-state index in [-0.39, 0.29) is 24.6 Å². The summed E-state index contributed by atoms with van der Waals surface area (Å²) in [6, 6.07) is 5.23. The van der Waals surface area contributed by atoms with Gasteiger partial charge in [-0.05, 0) is 25.1 Å². The van der Waals surface area contributed by atoms with E-state index in [0.717, 1.165) is 0 Å². The summed E-state index contributed by atoms with van der Waals surface area (Å²) in [5.41, 5.74) is 0.447. The first-order valence-corrected chi connectivity index (χ1v) is 7.62. The van der Waals surface area contributed by atoms with Crippen LogP contribution in [0.5, 0.6) is 0 Å². The van der Waals surface area contributed by atoms with Crippen LogP contribution in [0.4, 0.5) is 10.1 Å². The van der Waals surface area contributed by atoms with Crippen LogP contribution >= 0.6 is 0 Å². The molecule has 0 aliphatic carbocycles. The predicted octanol–water partition coefficient (Wildman–Crippen LogP) is 0.870. The highest BCUT2D eigenvalue weighted by Gasteiger charge is 2.32. The van der Waals surface area contributed by atoms with Gasteiger partial charge in [-0.3, -0.25) is 4.79 Å². The zero-order chi connectivity index (χ0) is 14.0. The third kappa shape index (κ3) is 3.30. The van der Waals surface area contributed by atoms with Gasteiger partial charge < -0.3 is 4.90 Å². The van der Waals surface area contributed by atoms with Crippen molar-refractivity contribution in [3.63, 3.8) is 0 Å². The number of amides is 1. The summed E-state index contributed by atoms with van der Waals surface area (Å²) in [6.45, 7) is 1.75. The van der Waals surface area contributed by atoms with Crippen LogP contribution in [-0.4, -0.2) is 32.7 Å². The zero-order valence-electron chi connectivity index (χ0n) is 10.5. The highest BCUT2D eigenvalue weighted by molar-refractivity contribution is 7.89. The zero-order valence-corrected chi connectivity index (χ0v) is 11.3. The molecule has 2 rings (SSSR count). The Labute approximate surface area is 111 Å². The first kappa shape index (κ1) is 14.0. The third-order valence-corrected chi connectivity index (χ3v) is 4.42. The molecule has 0 unspecified atom stereocenters. The van der Waals surface area contributed by atoms with Gasteiger partial charge in [-0.25, -0.2) is 17.5 Å². The molecule has 7 heteroatoms. The number of sulfonamides is 1. The van der Waals surface area contributed by atoms with Gasteiger partial charge in [0.15, 0.2) is 0 Å². The molecule has 5 nitrogen and oxygen atoms in total. The van der Waals surface area contributed by atoms with E-state index in [4.69, 9.17) is 0 Å². The van der Waals surface area contributed by atoms with Gasteiger partial charge in [-0.15, -0.1) is 0 Å². The molecule has 1 aliphatic heterocycles. The van der Waals surface area contributed by atoms with Crippen molar-refractivity contribution in [2.75, 3.05) is 17.2 Å². The van der Waals surface area contributed by atoms with Crippen LogP contribution in [0.25, 0.3) is 0 Å². The average Bonchev–Trinajstić information content (AvgIpc) is 2.69. The Morgan fingerprint density at radius 2 is 2.21 bits per heavy atom. The first-order valence-electron chi connectivity index (χ1n) is 5.97. The minimum Gasteiger partial charge on any atom is -0.311 e. The molecule has 1 amide bonds. The number of carbonyl (C=O) groups excluding carboxylic acids is 1. The maximum atomic E-state index is 13.1. The van der Waals surface area contributed by atoms with Crippen molar-refractivity contribution in [3.05, 3.63) is 30.1 Å². The molecule has 0 bridgehead atoms. The van der Waals surface area contributed by atoms with Crippen LogP contribution in [-0.2, 0) is 14.8 Å². The van der Waals surface area contributed by atoms with Crippen LogP contribution in [0.15, 0.2) is 24.3 Å². The van der Waals surface area contributed by atoms with E-state index in [1.807, 2.05) is 0 Å². The fourth-order valence-corrected chi connectivity index (χ4v) is 2.85. The molecular weight excluding hydrogens is 271 g/mol. The Morgan fingerprint density at radius 1 is 1.47 bits per heavy atom. The molecule has 0 saturated carbocycles. The van der Waals surface area contributed by atoms with Crippen molar-refractivity contribution < 1.29 is 17.6 Å². The number of rotatable bonds is 4. The van der Waals surface area contributed by atoms with Crippen molar-refractivity contribution in [3.8, 4) is 0 Å². The summed E-state index contributed by atoms with van der Waals surface area (Å²) in [6.07, 6.45) is 0.0930. The van der Waals surface area contributed by atoms with Crippen LogP contribution in [0.3, 0.4) is 0 Å². The second-order valence-electron chi connectivity index (χ2n) is 4.41. The molecule has 1 N–H and O–H groups in total. The lowest BCUT2D eigenvalue weighted by Crippen LogP contribution is -2.37. The quantitative estimate of drug-likeness (QED) is 0.893. The largest absolute Gasteiger partial charge is 0.311 e. The van der Waals surface area contributed by atoms with Crippen molar-refractivity contribution >= 4 is 21.6 Å². The summed E-state index contributed by atoms with van der Waals surface area (Å²) in [7, 11) is -3.34. The van der Waals surface area contributed by atoms with Gasteiger partial charge in [-0.2, -0.15) is 0 Å². The molecular formula is C12H15FN2O3S. The van der Waals surface area contributed by atoms with Crippen molar-refractivity contribution in [2.24, 2.45) is 0 Å². The smallest absolute Gasteiger partial charge is 0.228 e. The number of carbonyl (C=O) groups is 1. The fraction of sp³-hybridized carbons (Fsp3) is 0.417. The highest BCUT2D eigenvalue weighted by atomic mass is 32.2. The Kier molecular flexibility index (Phi) is 3.86. The molecule has 1 atom stereocenters. The Morgan fingerprint density at radius 3 is 2.84 bits per heavy atom. The average molecular weight is 286 g/mol. The van der Waals surface area contributed by atoms with Crippen molar-refractivity contribution in [1.82, 2.24) is 4.72 Å². The Hall–Kier alpha value is -1.47. The maximum absolute atomic E-state index is 13.1. The molecule has 1 aromatic rings. The van der Waals surface area contributed by atoms with Crippen molar-refractivity contribution in [1.29, 1.82) is 0 Å². The number of halogens is 1. The molecule has 1 aromatic carbocycles. The van der Waals surface area contributed by atoms with E-state index in [2.05, 4.69) is 4.72 Å². The lowest BCUT2D eigenvalue weighted by atomic mass is 10.3. The maximum Gasteiger partial charge on any atom is 0.228 e. The summed E-state index contributed by atoms with van der Waals surface area (Å²) in [5, 5.41) is 0. The molecule has 1 saturated heterocycles. The second-order valence-corrected chi connectivity index (χ2v) is 6.45. The standard InChI is InChI=1S/C12H15FN2O3S/c1-2-19(17,18)14-10-7-12(16)15(8-10)11-5-3-4-9(13)6-11/h3-6,10,14H,2,7-8H2,1H3/t10-/m1/s1. The number of anilines is 1. The summed E-state index contributed by atoms with van der Waals surface area (Å²) in [4.78, 5) is 13.2. The summed E-state index contributed by atoms with van der Waals surface area (Å²) < 4.78 is 38.5. The molecule has 1 aliphatic rings. The predicted molar refractivity (Wildman–Crippen MR) is 69.8 cm³/mol. The van der Waals surface area contributed by atoms with E-state index in [0.29, 0.717) is 5.69 Å². The highest BCUT2D eigenvalue weighted by Crippen LogP contribution is 2.22. The molecule has 1 fully saturated rings. The van der Waals surface area contributed by atoms with Crippen LogP contribution < -0.4 is 9.62 Å². The number of nitrogens with zero attached hydrogens (tertiary/aromatic N) is 1. The second kappa shape index (κ2) is 5.26. The third-order valence-electron chi connectivity index (χ3n) is 2.97. The minimum absolute atomic E-state index is 0.0301. The van der Waals surface area contributed by atoms with Gasteiger partial charge in [0.2, 0.25) is 15.9 Å². The van der Waals surface area contributed by atoms with Crippen LogP contribution in [0.2, 0.25) is 0 Å². The summed E-state index contributed by atoms with van der Waals surface area (Å²) >= 11 is 0. The monoisotopic (exact) mass is 286 g/mol. The van der Waals surface area contributed by atoms with Gasteiger partial charge in [0.25, 0.3) is 0 Å². The Bertz CT molecular complexity index is 588. The normalized spacial score (nSPS) is 20.0. The molecule has 0 aromatic heterocycles. The number of benzene rings is 1. The lowest BCUT2D eigenvalue weighted by molar-refractivity contribution is -0.117. The first-order chi connectivity index (χ1) is 8.91. The number of hydrogen-bond acceptors (Lipinski definition) is 3. The number of hydrogen-bond donors (Lipinski definition) is 1. The molecule has 19 heavy (non-hydrogen) atoms. The number of nitrogens with one attached hydrogen (secondary N) is 1. The van der Waals surface area contributed by atoms with E-state index in [1.54, 1.807) is 6.07 Å². The van der Waals surface area contributed by atoms with Gasteiger partial charge in [0, 0.05) is 24.7 Å². The van der Waals surface area contributed by atoms with Crippen LogP contribution in [0.1, 0.15) is 13.3 Å². The van der Waals surface area contributed by atoms with E-state index in [9.17, 15) is 17.6 Å². The van der Waals surface area contributed by atoms with Gasteiger partial charge in [-0.1, -0.05) is 6.07 Å². The molecule has 104 valence electrons. The summed E-state index contributed by atoms with van der Waals surface area (Å²) in [5.74, 6) is -0.671. The van der Waals surface area contributed by atoms with Crippen LogP contribution in [0, 0.1) is 5.82 Å². The van der Waals surface area contributed by atoms with E-state index in [1.165, 1.54) is 30.0 Å². The topological polar surface area (TPSA) is 66.5 Å². The molecule has 1 heterocycles. The van der Waals surface area contributed by atoms with Gasteiger partial charge in [0.1, 0.15) is 5.82 Å². The fourth-order valence-electron chi connectivity index (χ4n) is 2.02. The SMILES string of the molecule is CCS(=O)(=O)N[C@@H]1CC(=O)N(c2cccc(F)c2)C1.